The third-order valence-electron chi connectivity index (χ3n) is 2.43. The number of rotatable bonds is 5. The molecule has 1 unspecified atom stereocenters. The van der Waals surface area contributed by atoms with Crippen LogP contribution in [0.2, 0.25) is 5.02 Å². The van der Waals surface area contributed by atoms with Crippen LogP contribution < -0.4 is 10.6 Å². The monoisotopic (exact) mass is 258 g/mol. The van der Waals surface area contributed by atoms with Gasteiger partial charge in [0.05, 0.1) is 17.3 Å². The molecule has 1 amide bonds. The van der Waals surface area contributed by atoms with Gasteiger partial charge < -0.3 is 10.6 Å². The quantitative estimate of drug-likeness (QED) is 0.853. The Morgan fingerprint density at radius 1 is 1.53 bits per heavy atom. The summed E-state index contributed by atoms with van der Waals surface area (Å²) in [6, 6.07) is 4.12. The average molecular weight is 259 g/mol. The predicted molar refractivity (Wildman–Crippen MR) is 67.8 cm³/mol. The molecule has 0 aliphatic heterocycles. The van der Waals surface area contributed by atoms with Crippen molar-refractivity contribution >= 4 is 23.2 Å². The fourth-order valence-electron chi connectivity index (χ4n) is 1.20. The Kier molecular flexibility index (Phi) is 5.38. The number of benzene rings is 1. The van der Waals surface area contributed by atoms with Crippen LogP contribution in [-0.2, 0) is 4.79 Å². The lowest BCUT2D eigenvalue weighted by Crippen LogP contribution is -2.34. The first-order chi connectivity index (χ1) is 8.02. The number of nitrogens with one attached hydrogen (secondary N) is 2. The second kappa shape index (κ2) is 6.57. The van der Waals surface area contributed by atoms with Crippen LogP contribution in [0.15, 0.2) is 18.2 Å². The number of hydrogen-bond acceptors (Lipinski definition) is 2. The van der Waals surface area contributed by atoms with Gasteiger partial charge in [0.2, 0.25) is 5.91 Å². The molecule has 0 saturated heterocycles. The summed E-state index contributed by atoms with van der Waals surface area (Å²) in [5.41, 5.74) is 0.294. The zero-order valence-corrected chi connectivity index (χ0v) is 10.6. The van der Waals surface area contributed by atoms with E-state index in [4.69, 9.17) is 11.6 Å². The SMILES string of the molecule is CCC(C)NCC(=O)Nc1cc(F)ccc1Cl. The first-order valence-corrected chi connectivity index (χ1v) is 5.89. The van der Waals surface area contributed by atoms with Crippen molar-refractivity contribution in [1.29, 1.82) is 0 Å². The maximum absolute atomic E-state index is 12.9. The lowest BCUT2D eigenvalue weighted by atomic mass is 10.2. The van der Waals surface area contributed by atoms with Gasteiger partial charge in [-0.3, -0.25) is 4.79 Å². The lowest BCUT2D eigenvalue weighted by molar-refractivity contribution is -0.115. The minimum Gasteiger partial charge on any atom is -0.324 e. The number of carbonyl (C=O) groups is 1. The average Bonchev–Trinajstić information content (AvgIpc) is 2.30. The van der Waals surface area contributed by atoms with E-state index in [1.165, 1.54) is 18.2 Å². The highest BCUT2D eigenvalue weighted by molar-refractivity contribution is 6.33. The van der Waals surface area contributed by atoms with Crippen molar-refractivity contribution in [2.24, 2.45) is 0 Å². The molecular weight excluding hydrogens is 243 g/mol. The van der Waals surface area contributed by atoms with E-state index < -0.39 is 5.82 Å². The Labute approximate surface area is 105 Å². The molecule has 2 N–H and O–H groups in total. The standard InChI is InChI=1S/C12H16ClFN2O/c1-3-8(2)15-7-12(17)16-11-6-9(14)4-5-10(11)13/h4-6,8,15H,3,7H2,1-2H3,(H,16,17). The Bertz CT molecular complexity index is 398. The van der Waals surface area contributed by atoms with E-state index in [1.54, 1.807) is 0 Å². The van der Waals surface area contributed by atoms with Crippen molar-refractivity contribution in [3.05, 3.63) is 29.0 Å². The molecule has 0 aromatic heterocycles. The highest BCUT2D eigenvalue weighted by Gasteiger charge is 2.07. The van der Waals surface area contributed by atoms with Gasteiger partial charge in [-0.1, -0.05) is 18.5 Å². The Morgan fingerprint density at radius 2 is 2.24 bits per heavy atom. The van der Waals surface area contributed by atoms with Gasteiger partial charge in [0.1, 0.15) is 5.82 Å². The van der Waals surface area contributed by atoms with Crippen LogP contribution in [0, 0.1) is 5.82 Å². The minimum atomic E-state index is -0.431. The molecule has 0 saturated carbocycles. The first kappa shape index (κ1) is 13.9. The lowest BCUT2D eigenvalue weighted by Gasteiger charge is -2.12. The normalized spacial score (nSPS) is 12.2. The molecule has 0 radical (unpaired) electrons. The number of anilines is 1. The van der Waals surface area contributed by atoms with Gasteiger partial charge in [0.25, 0.3) is 0 Å². The van der Waals surface area contributed by atoms with Gasteiger partial charge in [-0.05, 0) is 31.5 Å². The summed E-state index contributed by atoms with van der Waals surface area (Å²) in [6.45, 7) is 4.20. The van der Waals surface area contributed by atoms with Crippen LogP contribution >= 0.6 is 11.6 Å². The molecule has 94 valence electrons. The molecule has 5 heteroatoms. The summed E-state index contributed by atoms with van der Waals surface area (Å²) in [7, 11) is 0. The molecule has 3 nitrogen and oxygen atoms in total. The summed E-state index contributed by atoms with van der Waals surface area (Å²) < 4.78 is 12.9. The van der Waals surface area contributed by atoms with Crippen molar-refractivity contribution in [3.8, 4) is 0 Å². The highest BCUT2D eigenvalue weighted by Crippen LogP contribution is 2.22. The Morgan fingerprint density at radius 3 is 2.88 bits per heavy atom. The van der Waals surface area contributed by atoms with Crippen molar-refractivity contribution in [2.45, 2.75) is 26.3 Å². The maximum Gasteiger partial charge on any atom is 0.238 e. The predicted octanol–water partition coefficient (Wildman–Crippen LogP) is 2.81. The van der Waals surface area contributed by atoms with Crippen molar-refractivity contribution in [3.63, 3.8) is 0 Å². The molecule has 0 spiro atoms. The summed E-state index contributed by atoms with van der Waals surface area (Å²) in [6.07, 6.45) is 0.938. The number of amides is 1. The van der Waals surface area contributed by atoms with Crippen molar-refractivity contribution in [2.75, 3.05) is 11.9 Å². The van der Waals surface area contributed by atoms with Crippen LogP contribution in [0.1, 0.15) is 20.3 Å². The van der Waals surface area contributed by atoms with Gasteiger partial charge in [-0.25, -0.2) is 4.39 Å². The third-order valence-corrected chi connectivity index (χ3v) is 2.76. The van der Waals surface area contributed by atoms with E-state index in [0.717, 1.165) is 6.42 Å². The number of halogens is 2. The third kappa shape index (κ3) is 4.71. The van der Waals surface area contributed by atoms with Crippen LogP contribution in [0.25, 0.3) is 0 Å². The van der Waals surface area contributed by atoms with Gasteiger partial charge in [0.15, 0.2) is 0 Å². The fraction of sp³-hybridized carbons (Fsp3) is 0.417. The second-order valence-corrected chi connectivity index (χ2v) is 4.27. The van der Waals surface area contributed by atoms with E-state index in [2.05, 4.69) is 10.6 Å². The van der Waals surface area contributed by atoms with Gasteiger partial charge in [-0.2, -0.15) is 0 Å². The van der Waals surface area contributed by atoms with Gasteiger partial charge in [-0.15, -0.1) is 0 Å². The van der Waals surface area contributed by atoms with Gasteiger partial charge >= 0.3 is 0 Å². The van der Waals surface area contributed by atoms with Gasteiger partial charge in [0, 0.05) is 6.04 Å². The zero-order valence-electron chi connectivity index (χ0n) is 9.89. The molecule has 0 bridgehead atoms. The molecule has 0 fully saturated rings. The Hall–Kier alpha value is -1.13. The Balaban J connectivity index is 2.53. The van der Waals surface area contributed by atoms with Crippen molar-refractivity contribution < 1.29 is 9.18 Å². The van der Waals surface area contributed by atoms with Crippen LogP contribution in [-0.4, -0.2) is 18.5 Å². The molecular formula is C12H16ClFN2O. The summed E-state index contributed by atoms with van der Waals surface area (Å²) in [5, 5.41) is 5.92. The maximum atomic E-state index is 12.9. The minimum absolute atomic E-state index is 0.182. The second-order valence-electron chi connectivity index (χ2n) is 3.86. The van der Waals surface area contributed by atoms with E-state index in [-0.39, 0.29) is 18.5 Å². The highest BCUT2D eigenvalue weighted by atomic mass is 35.5. The molecule has 1 rings (SSSR count). The molecule has 1 aromatic carbocycles. The summed E-state index contributed by atoms with van der Waals surface area (Å²) in [5.74, 6) is -0.669. The van der Waals surface area contributed by atoms with E-state index in [0.29, 0.717) is 10.7 Å². The number of hydrogen-bond donors (Lipinski definition) is 2. The van der Waals surface area contributed by atoms with E-state index in [1.807, 2.05) is 13.8 Å². The molecule has 1 aromatic rings. The van der Waals surface area contributed by atoms with Crippen molar-refractivity contribution in [1.82, 2.24) is 5.32 Å². The van der Waals surface area contributed by atoms with Crippen LogP contribution in [0.3, 0.4) is 0 Å². The summed E-state index contributed by atoms with van der Waals surface area (Å²) >= 11 is 5.83. The van der Waals surface area contributed by atoms with Crippen LogP contribution in [0.4, 0.5) is 10.1 Å². The zero-order chi connectivity index (χ0) is 12.8. The summed E-state index contributed by atoms with van der Waals surface area (Å²) in [4.78, 5) is 11.5. The molecule has 1 atom stereocenters. The smallest absolute Gasteiger partial charge is 0.238 e. The first-order valence-electron chi connectivity index (χ1n) is 5.51. The van der Waals surface area contributed by atoms with Crippen LogP contribution in [0.5, 0.6) is 0 Å². The largest absolute Gasteiger partial charge is 0.324 e. The molecule has 0 aliphatic rings. The molecule has 0 aliphatic carbocycles. The fourth-order valence-corrected chi connectivity index (χ4v) is 1.36. The topological polar surface area (TPSA) is 41.1 Å². The molecule has 17 heavy (non-hydrogen) atoms. The molecule has 0 heterocycles. The number of carbonyl (C=O) groups excluding carboxylic acids is 1. The van der Waals surface area contributed by atoms with E-state index >= 15 is 0 Å². The van der Waals surface area contributed by atoms with E-state index in [9.17, 15) is 9.18 Å².